The lowest BCUT2D eigenvalue weighted by atomic mass is 9.68. The molecular formula is C12H22N2OS. The van der Waals surface area contributed by atoms with Crippen LogP contribution in [0.1, 0.15) is 52.4 Å². The number of nitrogens with one attached hydrogen (secondary N) is 1. The smallest absolute Gasteiger partial charge is 0.233 e. The Kier molecular flexibility index (Phi) is 4.71. The van der Waals surface area contributed by atoms with Crippen molar-refractivity contribution in [2.45, 2.75) is 58.4 Å². The zero-order valence-electron chi connectivity index (χ0n) is 10.2. The van der Waals surface area contributed by atoms with Gasteiger partial charge in [0.05, 0.1) is 10.4 Å². The van der Waals surface area contributed by atoms with E-state index in [4.69, 9.17) is 18.0 Å². The van der Waals surface area contributed by atoms with Gasteiger partial charge < -0.3 is 11.1 Å². The second-order valence-corrected chi connectivity index (χ2v) is 5.11. The molecule has 0 radical (unpaired) electrons. The van der Waals surface area contributed by atoms with Crippen LogP contribution < -0.4 is 11.1 Å². The van der Waals surface area contributed by atoms with E-state index < -0.39 is 5.41 Å². The number of thiocarbonyl (C=S) groups is 1. The molecule has 4 heteroatoms. The summed E-state index contributed by atoms with van der Waals surface area (Å²) in [5.74, 6) is 0.0477. The maximum absolute atomic E-state index is 12.2. The van der Waals surface area contributed by atoms with Gasteiger partial charge in [-0.2, -0.15) is 0 Å². The van der Waals surface area contributed by atoms with Gasteiger partial charge in [-0.05, 0) is 25.7 Å². The normalized spacial score (nSPS) is 19.6. The third-order valence-corrected chi connectivity index (χ3v) is 3.97. The summed E-state index contributed by atoms with van der Waals surface area (Å²) in [4.78, 5) is 12.5. The number of rotatable bonds is 6. The summed E-state index contributed by atoms with van der Waals surface area (Å²) in [7, 11) is 0. The van der Waals surface area contributed by atoms with Gasteiger partial charge in [-0.1, -0.05) is 38.9 Å². The number of nitrogens with two attached hydrogens (primary N) is 1. The first-order chi connectivity index (χ1) is 7.56. The highest BCUT2D eigenvalue weighted by Crippen LogP contribution is 2.41. The molecule has 1 saturated carbocycles. The second-order valence-electron chi connectivity index (χ2n) is 4.67. The Morgan fingerprint density at radius 3 is 2.44 bits per heavy atom. The molecule has 1 atom stereocenters. The van der Waals surface area contributed by atoms with Crippen molar-refractivity contribution >= 4 is 23.1 Å². The summed E-state index contributed by atoms with van der Waals surface area (Å²) in [6.07, 6.45) is 5.75. The van der Waals surface area contributed by atoms with Crippen LogP contribution >= 0.6 is 12.2 Å². The molecule has 0 aromatic carbocycles. The Hall–Kier alpha value is -0.640. The Bertz CT molecular complexity index is 274. The standard InChI is InChI=1S/C12H22N2OS/c1-3-6-9(4-2)14-11(15)12(10(13)16)7-5-8-12/h9H,3-8H2,1-2H3,(H2,13,16)(H,14,15). The molecule has 16 heavy (non-hydrogen) atoms. The molecule has 0 heterocycles. The first-order valence-electron chi connectivity index (χ1n) is 6.17. The summed E-state index contributed by atoms with van der Waals surface area (Å²) in [6.45, 7) is 4.22. The second kappa shape index (κ2) is 5.62. The fourth-order valence-corrected chi connectivity index (χ4v) is 2.46. The van der Waals surface area contributed by atoms with E-state index in [2.05, 4.69) is 19.2 Å². The topological polar surface area (TPSA) is 55.1 Å². The van der Waals surface area contributed by atoms with Crippen molar-refractivity contribution in [2.24, 2.45) is 11.1 Å². The van der Waals surface area contributed by atoms with E-state index in [-0.39, 0.29) is 11.9 Å². The van der Waals surface area contributed by atoms with E-state index in [0.29, 0.717) is 4.99 Å². The quantitative estimate of drug-likeness (QED) is 0.702. The zero-order chi connectivity index (χ0) is 12.2. The minimum atomic E-state index is -0.531. The predicted octanol–water partition coefficient (Wildman–Crippen LogP) is 2.14. The summed E-state index contributed by atoms with van der Waals surface area (Å²) < 4.78 is 0. The van der Waals surface area contributed by atoms with E-state index in [1.54, 1.807) is 0 Å². The van der Waals surface area contributed by atoms with Crippen LogP contribution in [0.2, 0.25) is 0 Å². The molecule has 3 N–H and O–H groups in total. The minimum absolute atomic E-state index is 0.0477. The van der Waals surface area contributed by atoms with Crippen molar-refractivity contribution in [1.82, 2.24) is 5.32 Å². The number of carbonyl (C=O) groups excluding carboxylic acids is 1. The third kappa shape index (κ3) is 2.54. The summed E-state index contributed by atoms with van der Waals surface area (Å²) >= 11 is 5.03. The van der Waals surface area contributed by atoms with E-state index in [9.17, 15) is 4.79 Å². The fraction of sp³-hybridized carbons (Fsp3) is 0.833. The van der Waals surface area contributed by atoms with Crippen molar-refractivity contribution in [1.29, 1.82) is 0 Å². The Balaban J connectivity index is 2.59. The molecule has 1 unspecified atom stereocenters. The predicted molar refractivity (Wildman–Crippen MR) is 70.2 cm³/mol. The molecule has 0 saturated heterocycles. The molecule has 3 nitrogen and oxygen atoms in total. The number of hydrogen-bond acceptors (Lipinski definition) is 2. The molecule has 0 aromatic heterocycles. The van der Waals surface area contributed by atoms with Crippen LogP contribution in [-0.2, 0) is 4.79 Å². The van der Waals surface area contributed by atoms with Crippen LogP contribution in [0.4, 0.5) is 0 Å². The van der Waals surface area contributed by atoms with Gasteiger partial charge in [-0.25, -0.2) is 0 Å². The number of carbonyl (C=O) groups is 1. The lowest BCUT2D eigenvalue weighted by Gasteiger charge is -2.40. The lowest BCUT2D eigenvalue weighted by Crippen LogP contribution is -2.55. The molecule has 1 rings (SSSR count). The van der Waals surface area contributed by atoms with Gasteiger partial charge in [-0.3, -0.25) is 4.79 Å². The van der Waals surface area contributed by atoms with Gasteiger partial charge in [0.2, 0.25) is 5.91 Å². The molecule has 1 amide bonds. The molecule has 1 aliphatic rings. The molecule has 92 valence electrons. The largest absolute Gasteiger partial charge is 0.392 e. The molecule has 0 spiro atoms. The van der Waals surface area contributed by atoms with Gasteiger partial charge in [-0.15, -0.1) is 0 Å². The van der Waals surface area contributed by atoms with E-state index >= 15 is 0 Å². The fourth-order valence-electron chi connectivity index (χ4n) is 2.17. The van der Waals surface area contributed by atoms with E-state index in [1.807, 2.05) is 0 Å². The van der Waals surface area contributed by atoms with Crippen molar-refractivity contribution < 1.29 is 4.79 Å². The van der Waals surface area contributed by atoms with Gasteiger partial charge in [0, 0.05) is 6.04 Å². The van der Waals surface area contributed by atoms with Crippen molar-refractivity contribution in [2.75, 3.05) is 0 Å². The Morgan fingerprint density at radius 1 is 1.50 bits per heavy atom. The maximum atomic E-state index is 12.2. The van der Waals surface area contributed by atoms with E-state index in [1.165, 1.54) is 0 Å². The van der Waals surface area contributed by atoms with E-state index in [0.717, 1.165) is 38.5 Å². The summed E-state index contributed by atoms with van der Waals surface area (Å²) in [6, 6.07) is 0.268. The van der Waals surface area contributed by atoms with Crippen LogP contribution in [-0.4, -0.2) is 16.9 Å². The van der Waals surface area contributed by atoms with Crippen LogP contribution in [0.5, 0.6) is 0 Å². The van der Waals surface area contributed by atoms with Gasteiger partial charge in [0.15, 0.2) is 0 Å². The third-order valence-electron chi connectivity index (χ3n) is 3.58. The van der Waals surface area contributed by atoms with Gasteiger partial charge >= 0.3 is 0 Å². The van der Waals surface area contributed by atoms with Crippen LogP contribution in [0, 0.1) is 5.41 Å². The SMILES string of the molecule is CCCC(CC)NC(=O)C1(C(N)=S)CCC1. The highest BCUT2D eigenvalue weighted by molar-refractivity contribution is 7.80. The molecular weight excluding hydrogens is 220 g/mol. The molecule has 0 bridgehead atoms. The molecule has 1 fully saturated rings. The minimum Gasteiger partial charge on any atom is -0.392 e. The highest BCUT2D eigenvalue weighted by atomic mass is 32.1. The number of amides is 1. The summed E-state index contributed by atoms with van der Waals surface area (Å²) in [5, 5.41) is 3.09. The van der Waals surface area contributed by atoms with Crippen molar-refractivity contribution in [3.63, 3.8) is 0 Å². The Labute approximate surface area is 103 Å². The van der Waals surface area contributed by atoms with Crippen LogP contribution in [0.25, 0.3) is 0 Å². The first kappa shape index (κ1) is 13.4. The maximum Gasteiger partial charge on any atom is 0.233 e. The Morgan fingerprint density at radius 2 is 2.12 bits per heavy atom. The zero-order valence-corrected chi connectivity index (χ0v) is 11.0. The van der Waals surface area contributed by atoms with Crippen LogP contribution in [0.15, 0.2) is 0 Å². The molecule has 0 aliphatic heterocycles. The summed E-state index contributed by atoms with van der Waals surface area (Å²) in [5.41, 5.74) is 5.16. The van der Waals surface area contributed by atoms with Gasteiger partial charge in [0.1, 0.15) is 0 Å². The van der Waals surface area contributed by atoms with Crippen molar-refractivity contribution in [3.8, 4) is 0 Å². The molecule has 1 aliphatic carbocycles. The first-order valence-corrected chi connectivity index (χ1v) is 6.58. The lowest BCUT2D eigenvalue weighted by molar-refractivity contribution is -0.131. The van der Waals surface area contributed by atoms with Gasteiger partial charge in [0.25, 0.3) is 0 Å². The van der Waals surface area contributed by atoms with Crippen molar-refractivity contribution in [3.05, 3.63) is 0 Å². The monoisotopic (exact) mass is 242 g/mol. The average molecular weight is 242 g/mol. The molecule has 0 aromatic rings. The average Bonchev–Trinajstić information content (AvgIpc) is 2.14. The number of hydrogen-bond donors (Lipinski definition) is 2. The van der Waals surface area contributed by atoms with Crippen LogP contribution in [0.3, 0.4) is 0 Å². The highest BCUT2D eigenvalue weighted by Gasteiger charge is 2.47.